The summed E-state index contributed by atoms with van der Waals surface area (Å²) in [5, 5.41) is 21.3. The third-order valence-electron chi connectivity index (χ3n) is 4.91. The van der Waals surface area contributed by atoms with Gasteiger partial charge in [-0.05, 0) is 48.2 Å². The lowest BCUT2D eigenvalue weighted by atomic mass is 9.95. The second-order valence-corrected chi connectivity index (χ2v) is 7.89. The van der Waals surface area contributed by atoms with Crippen molar-refractivity contribution in [2.24, 2.45) is 10.9 Å². The molecule has 2 heterocycles. The summed E-state index contributed by atoms with van der Waals surface area (Å²) < 4.78 is 5.97. The zero-order valence-corrected chi connectivity index (χ0v) is 16.8. The molecule has 5 nitrogen and oxygen atoms in total. The Kier molecular flexibility index (Phi) is 6.88. The number of ether oxygens (including phenoxy) is 1. The van der Waals surface area contributed by atoms with E-state index >= 15 is 0 Å². The van der Waals surface area contributed by atoms with Crippen LogP contribution in [0, 0.1) is 5.92 Å². The van der Waals surface area contributed by atoms with Crippen LogP contribution in [-0.4, -0.2) is 37.3 Å². The van der Waals surface area contributed by atoms with Crippen LogP contribution in [0.1, 0.15) is 37.5 Å². The summed E-state index contributed by atoms with van der Waals surface area (Å²) in [6.07, 6.45) is 1.15. The highest BCUT2D eigenvalue weighted by molar-refractivity contribution is 7.08. The van der Waals surface area contributed by atoms with Crippen LogP contribution in [0.15, 0.2) is 52.2 Å². The molecule has 3 atom stereocenters. The number of thiophene rings is 1. The highest BCUT2D eigenvalue weighted by Crippen LogP contribution is 2.33. The zero-order valence-electron chi connectivity index (χ0n) is 16.0. The maximum absolute atomic E-state index is 10.7. The van der Waals surface area contributed by atoms with Gasteiger partial charge < -0.3 is 20.5 Å². The number of benzene rings is 1. The van der Waals surface area contributed by atoms with Crippen molar-refractivity contribution in [1.82, 2.24) is 10.6 Å². The van der Waals surface area contributed by atoms with E-state index in [1.165, 1.54) is 5.56 Å². The van der Waals surface area contributed by atoms with Crippen molar-refractivity contribution in [3.05, 3.63) is 58.3 Å². The van der Waals surface area contributed by atoms with E-state index in [4.69, 9.17) is 4.74 Å². The first kappa shape index (κ1) is 19.9. The zero-order chi connectivity index (χ0) is 19.1. The van der Waals surface area contributed by atoms with Gasteiger partial charge >= 0.3 is 0 Å². The molecular formula is C21H29N3O2S. The number of rotatable bonds is 7. The Hall–Kier alpha value is -1.89. The van der Waals surface area contributed by atoms with E-state index in [0.29, 0.717) is 12.5 Å². The van der Waals surface area contributed by atoms with Crippen molar-refractivity contribution in [1.29, 1.82) is 0 Å². The molecule has 3 rings (SSSR count). The van der Waals surface area contributed by atoms with E-state index < -0.39 is 5.60 Å². The van der Waals surface area contributed by atoms with Gasteiger partial charge in [0.15, 0.2) is 5.96 Å². The van der Waals surface area contributed by atoms with Gasteiger partial charge in [-0.1, -0.05) is 30.3 Å². The van der Waals surface area contributed by atoms with Crippen molar-refractivity contribution in [2.75, 3.05) is 26.2 Å². The van der Waals surface area contributed by atoms with Gasteiger partial charge in [0.2, 0.25) is 0 Å². The standard InChI is InChI=1S/C21H29N3O2S/c1-3-22-20(24-15-21(2,25)18-10-12-27-14-18)23-13-17-9-11-26-19(17)16-7-5-4-6-8-16/h4-8,10,12,14,17,19,25H,3,9,11,13,15H2,1-2H3,(H2,22,23,24). The fourth-order valence-corrected chi connectivity index (χ4v) is 4.10. The molecule has 1 saturated heterocycles. The first-order valence-electron chi connectivity index (χ1n) is 9.54. The van der Waals surface area contributed by atoms with E-state index in [1.54, 1.807) is 18.3 Å². The number of nitrogens with one attached hydrogen (secondary N) is 2. The molecule has 1 aliphatic heterocycles. The van der Waals surface area contributed by atoms with Crippen LogP contribution in [0.5, 0.6) is 0 Å². The minimum Gasteiger partial charge on any atom is -0.383 e. The fourth-order valence-electron chi connectivity index (χ4n) is 3.32. The van der Waals surface area contributed by atoms with Gasteiger partial charge in [-0.2, -0.15) is 11.3 Å². The fraction of sp³-hybridized carbons (Fsp3) is 0.476. The number of hydrogen-bond donors (Lipinski definition) is 3. The van der Waals surface area contributed by atoms with Gasteiger partial charge in [0.1, 0.15) is 5.60 Å². The molecule has 0 amide bonds. The maximum atomic E-state index is 10.7. The molecule has 0 radical (unpaired) electrons. The normalized spacial score (nSPS) is 22.4. The van der Waals surface area contributed by atoms with Crippen LogP contribution >= 0.6 is 11.3 Å². The van der Waals surface area contributed by atoms with Gasteiger partial charge in [-0.25, -0.2) is 4.99 Å². The second kappa shape index (κ2) is 9.35. The average molecular weight is 388 g/mol. The van der Waals surface area contributed by atoms with Crippen molar-refractivity contribution >= 4 is 17.3 Å². The third kappa shape index (κ3) is 5.31. The van der Waals surface area contributed by atoms with Crippen LogP contribution in [0.4, 0.5) is 0 Å². The monoisotopic (exact) mass is 387 g/mol. The number of nitrogens with zero attached hydrogens (tertiary/aromatic N) is 1. The molecule has 1 aromatic heterocycles. The van der Waals surface area contributed by atoms with Crippen molar-refractivity contribution in [3.63, 3.8) is 0 Å². The Bertz CT molecular complexity index is 716. The minimum absolute atomic E-state index is 0.121. The molecule has 1 aliphatic rings. The molecule has 27 heavy (non-hydrogen) atoms. The molecule has 3 unspecified atom stereocenters. The lowest BCUT2D eigenvalue weighted by Crippen LogP contribution is -2.41. The van der Waals surface area contributed by atoms with Crippen LogP contribution in [0.25, 0.3) is 0 Å². The Morgan fingerprint density at radius 1 is 1.30 bits per heavy atom. The molecule has 6 heteroatoms. The van der Waals surface area contributed by atoms with Crippen LogP contribution in [-0.2, 0) is 10.3 Å². The molecule has 2 aromatic rings. The van der Waals surface area contributed by atoms with E-state index in [0.717, 1.165) is 37.6 Å². The summed E-state index contributed by atoms with van der Waals surface area (Å²) in [4.78, 5) is 4.61. The van der Waals surface area contributed by atoms with Gasteiger partial charge in [-0.3, -0.25) is 0 Å². The quantitative estimate of drug-likeness (QED) is 0.504. The molecule has 1 aromatic carbocycles. The summed E-state index contributed by atoms with van der Waals surface area (Å²) >= 11 is 1.58. The van der Waals surface area contributed by atoms with Crippen LogP contribution < -0.4 is 10.6 Å². The van der Waals surface area contributed by atoms with Crippen LogP contribution in [0.3, 0.4) is 0 Å². The lowest BCUT2D eigenvalue weighted by Gasteiger charge is -2.23. The van der Waals surface area contributed by atoms with E-state index in [1.807, 2.05) is 29.8 Å². The third-order valence-corrected chi connectivity index (χ3v) is 5.59. The summed E-state index contributed by atoms with van der Waals surface area (Å²) in [6.45, 7) is 6.49. The van der Waals surface area contributed by atoms with Crippen LogP contribution in [0.2, 0.25) is 0 Å². The molecule has 3 N–H and O–H groups in total. The van der Waals surface area contributed by atoms with E-state index in [2.05, 4.69) is 39.9 Å². The van der Waals surface area contributed by atoms with Gasteiger partial charge in [0.25, 0.3) is 0 Å². The lowest BCUT2D eigenvalue weighted by molar-refractivity contribution is 0.0676. The van der Waals surface area contributed by atoms with Gasteiger partial charge in [0.05, 0.1) is 12.6 Å². The SMILES string of the molecule is CCNC(=NCC(C)(O)c1ccsc1)NCC1CCOC1c1ccccc1. The predicted molar refractivity (Wildman–Crippen MR) is 111 cm³/mol. The average Bonchev–Trinajstić information content (AvgIpc) is 3.37. The molecule has 0 bridgehead atoms. The largest absolute Gasteiger partial charge is 0.383 e. The molecule has 0 saturated carbocycles. The second-order valence-electron chi connectivity index (χ2n) is 7.11. The molecule has 146 valence electrons. The summed E-state index contributed by atoms with van der Waals surface area (Å²) in [7, 11) is 0. The molecule has 0 aliphatic carbocycles. The van der Waals surface area contributed by atoms with Crippen molar-refractivity contribution < 1.29 is 9.84 Å². The topological polar surface area (TPSA) is 65.9 Å². The molecule has 1 fully saturated rings. The highest BCUT2D eigenvalue weighted by atomic mass is 32.1. The highest BCUT2D eigenvalue weighted by Gasteiger charge is 2.29. The first-order chi connectivity index (χ1) is 13.1. The van der Waals surface area contributed by atoms with Gasteiger partial charge in [-0.15, -0.1) is 0 Å². The first-order valence-corrected chi connectivity index (χ1v) is 10.5. The Labute approximate surface area is 165 Å². The number of hydrogen-bond acceptors (Lipinski definition) is 4. The molecule has 0 spiro atoms. The summed E-state index contributed by atoms with van der Waals surface area (Å²) in [5.74, 6) is 1.13. The smallest absolute Gasteiger partial charge is 0.191 e. The minimum atomic E-state index is -0.967. The number of aliphatic hydroxyl groups is 1. The predicted octanol–water partition coefficient (Wildman–Crippen LogP) is 3.29. The Morgan fingerprint density at radius 2 is 2.11 bits per heavy atom. The van der Waals surface area contributed by atoms with Crippen molar-refractivity contribution in [3.8, 4) is 0 Å². The Morgan fingerprint density at radius 3 is 2.81 bits per heavy atom. The maximum Gasteiger partial charge on any atom is 0.191 e. The molecular weight excluding hydrogens is 358 g/mol. The summed E-state index contributed by atoms with van der Waals surface area (Å²) in [6, 6.07) is 12.3. The number of aliphatic imine (C=N–C) groups is 1. The summed E-state index contributed by atoms with van der Waals surface area (Å²) in [5.41, 5.74) is 1.16. The number of guanidine groups is 1. The van der Waals surface area contributed by atoms with E-state index in [-0.39, 0.29) is 6.10 Å². The van der Waals surface area contributed by atoms with Crippen molar-refractivity contribution in [2.45, 2.75) is 32.0 Å². The van der Waals surface area contributed by atoms with E-state index in [9.17, 15) is 5.11 Å². The Balaban J connectivity index is 1.61. The van der Waals surface area contributed by atoms with Gasteiger partial charge in [0, 0.05) is 25.6 Å².